The highest BCUT2D eigenvalue weighted by molar-refractivity contribution is 6.18. The van der Waals surface area contributed by atoms with Crippen LogP contribution in [0.3, 0.4) is 0 Å². The van der Waals surface area contributed by atoms with E-state index in [-0.39, 0.29) is 5.41 Å². The molecule has 0 nitrogen and oxygen atoms in total. The molecule has 0 radical (unpaired) electrons. The zero-order valence-corrected chi connectivity index (χ0v) is 9.41. The predicted molar refractivity (Wildman–Crippen MR) is 57.5 cm³/mol. The molecule has 1 aromatic carbocycles. The zero-order chi connectivity index (χ0) is 11.8. The molecule has 0 spiro atoms. The first kappa shape index (κ1) is 11.8. The van der Waals surface area contributed by atoms with Gasteiger partial charge >= 0.3 is 6.18 Å². The van der Waals surface area contributed by atoms with Crippen LogP contribution in [0.15, 0.2) is 24.3 Å². The van der Waals surface area contributed by atoms with Crippen LogP contribution in [0.5, 0.6) is 0 Å². The smallest absolute Gasteiger partial charge is 0.166 e. The van der Waals surface area contributed by atoms with Crippen molar-refractivity contribution in [3.63, 3.8) is 0 Å². The van der Waals surface area contributed by atoms with E-state index >= 15 is 0 Å². The van der Waals surface area contributed by atoms with Crippen molar-refractivity contribution in [3.8, 4) is 0 Å². The van der Waals surface area contributed by atoms with Gasteiger partial charge in [0.2, 0.25) is 0 Å². The van der Waals surface area contributed by atoms with Crippen LogP contribution in [0.25, 0.3) is 0 Å². The molecule has 1 aliphatic carbocycles. The molecule has 16 heavy (non-hydrogen) atoms. The molecule has 1 aliphatic rings. The van der Waals surface area contributed by atoms with Crippen molar-refractivity contribution in [1.29, 1.82) is 0 Å². The summed E-state index contributed by atoms with van der Waals surface area (Å²) < 4.78 is 37.4. The number of halogens is 4. The van der Waals surface area contributed by atoms with E-state index in [0.717, 1.165) is 24.5 Å². The quantitative estimate of drug-likeness (QED) is 0.701. The Morgan fingerprint density at radius 3 is 2.44 bits per heavy atom. The first-order chi connectivity index (χ1) is 7.45. The summed E-state index contributed by atoms with van der Waals surface area (Å²) in [5.74, 6) is 0.531. The highest BCUT2D eigenvalue weighted by Crippen LogP contribution is 2.49. The Morgan fingerprint density at radius 1 is 1.25 bits per heavy atom. The molecule has 0 heterocycles. The third kappa shape index (κ3) is 2.51. The summed E-state index contributed by atoms with van der Waals surface area (Å²) in [4.78, 5) is 0. The van der Waals surface area contributed by atoms with Gasteiger partial charge in [-0.1, -0.05) is 18.2 Å². The highest BCUT2D eigenvalue weighted by atomic mass is 35.5. The van der Waals surface area contributed by atoms with Gasteiger partial charge in [-0.2, -0.15) is 13.2 Å². The van der Waals surface area contributed by atoms with Crippen LogP contribution < -0.4 is 0 Å². The maximum atomic E-state index is 12.5. The number of hydrogen-bond acceptors (Lipinski definition) is 0. The molecule has 0 aliphatic heterocycles. The Balaban J connectivity index is 2.17. The molecule has 0 atom stereocenters. The Morgan fingerprint density at radius 2 is 1.94 bits per heavy atom. The van der Waals surface area contributed by atoms with E-state index in [1.807, 2.05) is 0 Å². The van der Waals surface area contributed by atoms with Crippen molar-refractivity contribution in [3.05, 3.63) is 35.4 Å². The van der Waals surface area contributed by atoms with Crippen molar-refractivity contribution in [2.45, 2.75) is 25.4 Å². The standard InChI is InChI=1S/C12H12ClF3/c13-8-11(4-5-11)7-9-2-1-3-10(6-9)12(14,15)16/h1-3,6H,4-5,7-8H2. The fourth-order valence-corrected chi connectivity index (χ4v) is 2.19. The van der Waals surface area contributed by atoms with Gasteiger partial charge in [0.1, 0.15) is 0 Å². The SMILES string of the molecule is FC(F)(F)c1cccc(CC2(CCl)CC2)c1. The molecule has 0 N–H and O–H groups in total. The molecule has 0 bridgehead atoms. The second-order valence-electron chi connectivity index (χ2n) is 4.51. The summed E-state index contributed by atoms with van der Waals surface area (Å²) in [7, 11) is 0. The third-order valence-electron chi connectivity index (χ3n) is 3.07. The van der Waals surface area contributed by atoms with Gasteiger partial charge in [-0.05, 0) is 36.3 Å². The van der Waals surface area contributed by atoms with Crippen LogP contribution in [0, 0.1) is 5.41 Å². The summed E-state index contributed by atoms with van der Waals surface area (Å²) in [6, 6.07) is 5.53. The minimum Gasteiger partial charge on any atom is -0.166 e. The van der Waals surface area contributed by atoms with Crippen LogP contribution in [0.1, 0.15) is 24.0 Å². The van der Waals surface area contributed by atoms with E-state index in [1.54, 1.807) is 6.07 Å². The van der Waals surface area contributed by atoms with Crippen LogP contribution >= 0.6 is 11.6 Å². The van der Waals surface area contributed by atoms with Gasteiger partial charge in [0.05, 0.1) is 5.56 Å². The molecule has 1 fully saturated rings. The van der Waals surface area contributed by atoms with Crippen molar-refractivity contribution >= 4 is 11.6 Å². The van der Waals surface area contributed by atoms with E-state index < -0.39 is 11.7 Å². The molecule has 4 heteroatoms. The van der Waals surface area contributed by atoms with Crippen molar-refractivity contribution in [2.75, 3.05) is 5.88 Å². The number of rotatable bonds is 3. The summed E-state index contributed by atoms with van der Waals surface area (Å²) in [6.07, 6.45) is -1.56. The lowest BCUT2D eigenvalue weighted by molar-refractivity contribution is -0.137. The molecule has 0 unspecified atom stereocenters. The first-order valence-corrected chi connectivity index (χ1v) is 5.71. The van der Waals surface area contributed by atoms with Crippen molar-refractivity contribution in [1.82, 2.24) is 0 Å². The predicted octanol–water partition coefficient (Wildman–Crippen LogP) is 4.27. The van der Waals surface area contributed by atoms with E-state index in [0.29, 0.717) is 12.3 Å². The van der Waals surface area contributed by atoms with Crippen LogP contribution in [-0.4, -0.2) is 5.88 Å². The molecule has 1 saturated carbocycles. The van der Waals surface area contributed by atoms with Crippen LogP contribution in [0.4, 0.5) is 13.2 Å². The first-order valence-electron chi connectivity index (χ1n) is 5.17. The van der Waals surface area contributed by atoms with Crippen LogP contribution in [0.2, 0.25) is 0 Å². The van der Waals surface area contributed by atoms with Gasteiger partial charge in [0.15, 0.2) is 0 Å². The summed E-state index contributed by atoms with van der Waals surface area (Å²) in [5.41, 5.74) is 0.217. The molecule has 1 aromatic rings. The van der Waals surface area contributed by atoms with E-state index in [9.17, 15) is 13.2 Å². The third-order valence-corrected chi connectivity index (χ3v) is 3.64. The highest BCUT2D eigenvalue weighted by Gasteiger charge is 2.41. The van der Waals surface area contributed by atoms with Gasteiger partial charge in [0.25, 0.3) is 0 Å². The molecule has 0 amide bonds. The van der Waals surface area contributed by atoms with Gasteiger partial charge in [0, 0.05) is 5.88 Å². The molecular weight excluding hydrogens is 237 g/mol. The average molecular weight is 249 g/mol. The number of alkyl halides is 4. The molecule has 0 aromatic heterocycles. The Hall–Kier alpha value is -0.700. The Bertz CT molecular complexity index is 380. The lowest BCUT2D eigenvalue weighted by Crippen LogP contribution is -2.09. The molecule has 2 rings (SSSR count). The van der Waals surface area contributed by atoms with Crippen molar-refractivity contribution < 1.29 is 13.2 Å². The summed E-state index contributed by atoms with van der Waals surface area (Å²) >= 11 is 5.81. The van der Waals surface area contributed by atoms with E-state index in [4.69, 9.17) is 11.6 Å². The fraction of sp³-hybridized carbons (Fsp3) is 0.500. The minimum absolute atomic E-state index is 0.0613. The second-order valence-corrected chi connectivity index (χ2v) is 4.78. The fourth-order valence-electron chi connectivity index (χ4n) is 1.83. The lowest BCUT2D eigenvalue weighted by Gasteiger charge is -2.13. The maximum absolute atomic E-state index is 12.5. The normalized spacial score (nSPS) is 18.5. The second kappa shape index (κ2) is 3.95. The van der Waals surface area contributed by atoms with Crippen molar-refractivity contribution in [2.24, 2.45) is 5.41 Å². The van der Waals surface area contributed by atoms with Crippen LogP contribution in [-0.2, 0) is 12.6 Å². The monoisotopic (exact) mass is 248 g/mol. The zero-order valence-electron chi connectivity index (χ0n) is 8.65. The Labute approximate surface area is 97.4 Å². The largest absolute Gasteiger partial charge is 0.416 e. The Kier molecular flexibility index (Phi) is 2.91. The van der Waals surface area contributed by atoms with Gasteiger partial charge < -0.3 is 0 Å². The van der Waals surface area contributed by atoms with E-state index in [1.165, 1.54) is 12.1 Å². The van der Waals surface area contributed by atoms with Gasteiger partial charge in [-0.25, -0.2) is 0 Å². The van der Waals surface area contributed by atoms with E-state index in [2.05, 4.69) is 0 Å². The number of benzene rings is 1. The molecular formula is C12H12ClF3. The average Bonchev–Trinajstić information content (AvgIpc) is 2.98. The minimum atomic E-state index is -4.26. The van der Waals surface area contributed by atoms with Gasteiger partial charge in [-0.15, -0.1) is 11.6 Å². The summed E-state index contributed by atoms with van der Waals surface area (Å²) in [6.45, 7) is 0. The van der Waals surface area contributed by atoms with Gasteiger partial charge in [-0.3, -0.25) is 0 Å². The molecule has 88 valence electrons. The topological polar surface area (TPSA) is 0 Å². The summed E-state index contributed by atoms with van der Waals surface area (Å²) in [5, 5.41) is 0. The maximum Gasteiger partial charge on any atom is 0.416 e. The lowest BCUT2D eigenvalue weighted by atomic mass is 9.97. The molecule has 0 saturated heterocycles. The number of hydrogen-bond donors (Lipinski definition) is 0.